The Morgan fingerprint density at radius 2 is 1.66 bits per heavy atom. The molecule has 154 valence electrons. The lowest BCUT2D eigenvalue weighted by atomic mass is 10.1. The number of ether oxygens (including phenoxy) is 2. The van der Waals surface area contributed by atoms with Crippen LogP contribution in [0.3, 0.4) is 0 Å². The first-order chi connectivity index (χ1) is 13.7. The Morgan fingerprint density at radius 1 is 1.03 bits per heavy atom. The Bertz CT molecular complexity index is 867. The summed E-state index contributed by atoms with van der Waals surface area (Å²) in [6.45, 7) is 0.251. The van der Waals surface area contributed by atoms with E-state index in [1.54, 1.807) is 19.2 Å². The van der Waals surface area contributed by atoms with Crippen LogP contribution in [0.1, 0.15) is 12.0 Å². The standard InChI is InChI=1S/C20H19F3N2O4/c1-28-15-6-2-13(3-7-15)10-11-25-18(26)12-17(19(25)27)24-14-4-8-16(9-5-14)29-20(21,22)23/h2-9,17,24H,10-12H2,1H3/t17-/m1/s1. The number of carbonyl (C=O) groups is 2. The molecule has 0 radical (unpaired) electrons. The van der Waals surface area contributed by atoms with Crippen LogP contribution in [0.15, 0.2) is 48.5 Å². The third-order valence-electron chi connectivity index (χ3n) is 4.46. The van der Waals surface area contributed by atoms with Gasteiger partial charge < -0.3 is 14.8 Å². The van der Waals surface area contributed by atoms with Crippen molar-refractivity contribution in [1.29, 1.82) is 0 Å². The Balaban J connectivity index is 1.56. The highest BCUT2D eigenvalue weighted by Crippen LogP contribution is 2.25. The Morgan fingerprint density at radius 3 is 2.24 bits per heavy atom. The second kappa shape index (κ2) is 8.42. The van der Waals surface area contributed by atoms with Crippen molar-refractivity contribution in [3.8, 4) is 11.5 Å². The Labute approximate surface area is 165 Å². The largest absolute Gasteiger partial charge is 0.573 e. The molecule has 9 heteroatoms. The number of hydrogen-bond acceptors (Lipinski definition) is 5. The van der Waals surface area contributed by atoms with E-state index >= 15 is 0 Å². The van der Waals surface area contributed by atoms with Crippen molar-refractivity contribution in [1.82, 2.24) is 4.90 Å². The average molecular weight is 408 g/mol. The van der Waals surface area contributed by atoms with E-state index in [2.05, 4.69) is 10.1 Å². The smallest absolute Gasteiger partial charge is 0.497 e. The average Bonchev–Trinajstić information content (AvgIpc) is 2.94. The van der Waals surface area contributed by atoms with Gasteiger partial charge in [0.2, 0.25) is 5.91 Å². The minimum atomic E-state index is -4.77. The molecule has 29 heavy (non-hydrogen) atoms. The molecule has 1 atom stereocenters. The molecule has 1 N–H and O–H groups in total. The van der Waals surface area contributed by atoms with Gasteiger partial charge in [0, 0.05) is 12.2 Å². The van der Waals surface area contributed by atoms with E-state index in [1.165, 1.54) is 17.0 Å². The quantitative estimate of drug-likeness (QED) is 0.712. The number of benzene rings is 2. The molecular weight excluding hydrogens is 389 g/mol. The second-order valence-corrected chi connectivity index (χ2v) is 6.45. The number of nitrogens with one attached hydrogen (secondary N) is 1. The molecule has 6 nitrogen and oxygen atoms in total. The first-order valence-corrected chi connectivity index (χ1v) is 8.84. The van der Waals surface area contributed by atoms with Crippen LogP contribution in [0, 0.1) is 0 Å². The van der Waals surface area contributed by atoms with Gasteiger partial charge in [-0.1, -0.05) is 12.1 Å². The van der Waals surface area contributed by atoms with Gasteiger partial charge in [0.25, 0.3) is 5.91 Å². The van der Waals surface area contributed by atoms with Crippen LogP contribution in [-0.4, -0.2) is 42.8 Å². The van der Waals surface area contributed by atoms with Gasteiger partial charge in [-0.15, -0.1) is 13.2 Å². The molecule has 0 unspecified atom stereocenters. The summed E-state index contributed by atoms with van der Waals surface area (Å²) < 4.78 is 45.5. The van der Waals surface area contributed by atoms with Gasteiger partial charge in [0.15, 0.2) is 0 Å². The number of nitrogens with zero attached hydrogens (tertiary/aromatic N) is 1. The summed E-state index contributed by atoms with van der Waals surface area (Å²) in [5.74, 6) is -0.298. The number of rotatable bonds is 7. The van der Waals surface area contributed by atoms with E-state index in [1.807, 2.05) is 12.1 Å². The lowest BCUT2D eigenvalue weighted by Gasteiger charge is -2.16. The van der Waals surface area contributed by atoms with E-state index in [0.717, 1.165) is 23.4 Å². The molecule has 0 saturated carbocycles. The van der Waals surface area contributed by atoms with Crippen LogP contribution < -0.4 is 14.8 Å². The van der Waals surface area contributed by atoms with Crippen LogP contribution in [0.2, 0.25) is 0 Å². The van der Waals surface area contributed by atoms with Crippen LogP contribution >= 0.6 is 0 Å². The van der Waals surface area contributed by atoms with Crippen molar-refractivity contribution in [2.24, 2.45) is 0 Å². The Kier molecular flexibility index (Phi) is 5.95. The molecule has 1 heterocycles. The van der Waals surface area contributed by atoms with Crippen molar-refractivity contribution in [2.75, 3.05) is 19.0 Å². The molecular formula is C20H19F3N2O4. The summed E-state index contributed by atoms with van der Waals surface area (Å²) in [7, 11) is 1.57. The number of alkyl halides is 3. The molecule has 1 aliphatic heterocycles. The highest BCUT2D eigenvalue weighted by Gasteiger charge is 2.38. The second-order valence-electron chi connectivity index (χ2n) is 6.45. The highest BCUT2D eigenvalue weighted by molar-refractivity contribution is 6.06. The predicted octanol–water partition coefficient (Wildman–Crippen LogP) is 3.38. The van der Waals surface area contributed by atoms with Crippen molar-refractivity contribution in [3.63, 3.8) is 0 Å². The van der Waals surface area contributed by atoms with Crippen molar-refractivity contribution >= 4 is 17.5 Å². The molecule has 1 fully saturated rings. The third-order valence-corrected chi connectivity index (χ3v) is 4.46. The fourth-order valence-electron chi connectivity index (χ4n) is 3.02. The fraction of sp³-hybridized carbons (Fsp3) is 0.300. The Hall–Kier alpha value is -3.23. The molecule has 0 bridgehead atoms. The molecule has 2 aromatic rings. The van der Waals surface area contributed by atoms with Crippen molar-refractivity contribution in [2.45, 2.75) is 25.2 Å². The number of amides is 2. The van der Waals surface area contributed by atoms with E-state index in [4.69, 9.17) is 4.74 Å². The lowest BCUT2D eigenvalue weighted by Crippen LogP contribution is -2.36. The van der Waals surface area contributed by atoms with E-state index < -0.39 is 12.4 Å². The third kappa shape index (κ3) is 5.40. The van der Waals surface area contributed by atoms with Crippen LogP contribution in [0.4, 0.5) is 18.9 Å². The van der Waals surface area contributed by atoms with Gasteiger partial charge in [0.05, 0.1) is 13.5 Å². The maximum absolute atomic E-state index is 12.5. The van der Waals surface area contributed by atoms with Crippen molar-refractivity contribution < 1.29 is 32.2 Å². The predicted molar refractivity (Wildman–Crippen MR) is 98.6 cm³/mol. The fourth-order valence-corrected chi connectivity index (χ4v) is 3.02. The maximum atomic E-state index is 12.5. The SMILES string of the molecule is COc1ccc(CCN2C(=O)C[C@@H](Nc3ccc(OC(F)(F)F)cc3)C2=O)cc1. The molecule has 0 aliphatic carbocycles. The van der Waals surface area contributed by atoms with Gasteiger partial charge in [-0.2, -0.15) is 0 Å². The topological polar surface area (TPSA) is 67.9 Å². The van der Waals surface area contributed by atoms with Gasteiger partial charge >= 0.3 is 6.36 Å². The number of likely N-dealkylation sites (tertiary alicyclic amines) is 1. The molecule has 0 spiro atoms. The molecule has 0 aromatic heterocycles. The van der Waals surface area contributed by atoms with E-state index in [0.29, 0.717) is 12.1 Å². The summed E-state index contributed by atoms with van der Waals surface area (Å²) in [6, 6.07) is 11.6. The maximum Gasteiger partial charge on any atom is 0.573 e. The molecule has 2 amide bonds. The summed E-state index contributed by atoms with van der Waals surface area (Å²) >= 11 is 0. The minimum Gasteiger partial charge on any atom is -0.497 e. The normalized spacial score (nSPS) is 16.8. The van der Waals surface area contributed by atoms with Crippen LogP contribution in [0.5, 0.6) is 11.5 Å². The number of anilines is 1. The number of halogens is 3. The van der Waals surface area contributed by atoms with Gasteiger partial charge in [0.1, 0.15) is 17.5 Å². The first kappa shape index (κ1) is 20.5. The van der Waals surface area contributed by atoms with Crippen molar-refractivity contribution in [3.05, 3.63) is 54.1 Å². The zero-order valence-electron chi connectivity index (χ0n) is 15.5. The molecule has 1 saturated heterocycles. The number of imide groups is 1. The van der Waals surface area contributed by atoms with E-state index in [9.17, 15) is 22.8 Å². The number of carbonyl (C=O) groups excluding carboxylic acids is 2. The summed E-state index contributed by atoms with van der Waals surface area (Å²) in [5.41, 5.74) is 1.38. The summed E-state index contributed by atoms with van der Waals surface area (Å²) in [4.78, 5) is 26.0. The zero-order valence-corrected chi connectivity index (χ0v) is 15.5. The monoisotopic (exact) mass is 408 g/mol. The lowest BCUT2D eigenvalue weighted by molar-refractivity contribution is -0.274. The van der Waals surface area contributed by atoms with Crippen LogP contribution in [0.25, 0.3) is 0 Å². The highest BCUT2D eigenvalue weighted by atomic mass is 19.4. The zero-order chi connectivity index (χ0) is 21.0. The minimum absolute atomic E-state index is 0.0117. The van der Waals surface area contributed by atoms with Gasteiger partial charge in [-0.25, -0.2) is 0 Å². The molecule has 1 aliphatic rings. The van der Waals surface area contributed by atoms with Gasteiger partial charge in [-0.05, 0) is 48.4 Å². The number of methoxy groups -OCH3 is 1. The summed E-state index contributed by atoms with van der Waals surface area (Å²) in [5, 5.41) is 2.89. The molecule has 2 aromatic carbocycles. The van der Waals surface area contributed by atoms with E-state index in [-0.39, 0.29) is 30.5 Å². The van der Waals surface area contributed by atoms with Gasteiger partial charge in [-0.3, -0.25) is 14.5 Å². The molecule has 3 rings (SSSR count). The van der Waals surface area contributed by atoms with Crippen LogP contribution in [-0.2, 0) is 16.0 Å². The number of hydrogen-bond donors (Lipinski definition) is 1. The summed E-state index contributed by atoms with van der Waals surface area (Å²) in [6.07, 6.45) is -4.27. The first-order valence-electron chi connectivity index (χ1n) is 8.84.